The Labute approximate surface area is 143 Å². The molecule has 1 spiro atoms. The molecule has 0 aromatic heterocycles. The number of nitrogens with zero attached hydrogens (tertiary/aromatic N) is 1. The van der Waals surface area contributed by atoms with Crippen LogP contribution in [-0.2, 0) is 11.2 Å². The third kappa shape index (κ3) is 2.46. The number of aliphatic hydroxyl groups is 1. The molecule has 0 amide bonds. The SMILES string of the molecule is C#CC1=C(N2CCC3(CC2)CC3)c2cc([C@@H](C)O)ccc2CC1=O. The van der Waals surface area contributed by atoms with Gasteiger partial charge in [0.25, 0.3) is 0 Å². The fourth-order valence-corrected chi connectivity index (χ4v) is 4.12. The number of benzene rings is 1. The molecule has 124 valence electrons. The summed E-state index contributed by atoms with van der Waals surface area (Å²) in [6.45, 7) is 3.69. The highest BCUT2D eigenvalue weighted by Gasteiger charge is 2.45. The largest absolute Gasteiger partial charge is 0.389 e. The van der Waals surface area contributed by atoms with Crippen molar-refractivity contribution in [1.82, 2.24) is 4.90 Å². The molecule has 3 nitrogen and oxygen atoms in total. The van der Waals surface area contributed by atoms with Crippen molar-refractivity contribution in [2.24, 2.45) is 5.41 Å². The standard InChI is InChI=1S/C21H23NO2/c1-3-17-19(24)13-16-5-4-15(14(2)23)12-18(16)20(17)22-10-8-21(6-7-21)9-11-22/h1,4-5,12,14,23H,6-11,13H2,2H3/t14-/m1/s1. The van der Waals surface area contributed by atoms with Gasteiger partial charge in [-0.1, -0.05) is 18.1 Å². The van der Waals surface area contributed by atoms with Gasteiger partial charge >= 0.3 is 0 Å². The lowest BCUT2D eigenvalue weighted by atomic mass is 9.84. The highest BCUT2D eigenvalue weighted by atomic mass is 16.3. The van der Waals surface area contributed by atoms with Crippen molar-refractivity contribution < 1.29 is 9.90 Å². The van der Waals surface area contributed by atoms with Crippen molar-refractivity contribution in [1.29, 1.82) is 0 Å². The van der Waals surface area contributed by atoms with Crippen molar-refractivity contribution in [3.8, 4) is 12.3 Å². The van der Waals surface area contributed by atoms with Crippen LogP contribution in [0.1, 0.15) is 55.4 Å². The molecule has 1 aromatic rings. The number of rotatable bonds is 2. The zero-order valence-corrected chi connectivity index (χ0v) is 14.1. The van der Waals surface area contributed by atoms with Crippen molar-refractivity contribution in [3.05, 3.63) is 40.5 Å². The fourth-order valence-electron chi connectivity index (χ4n) is 4.12. The molecule has 0 radical (unpaired) electrons. The van der Waals surface area contributed by atoms with Crippen LogP contribution in [0.3, 0.4) is 0 Å². The molecule has 0 unspecified atom stereocenters. The second kappa shape index (κ2) is 5.50. The van der Waals surface area contributed by atoms with E-state index in [1.807, 2.05) is 18.2 Å². The third-order valence-corrected chi connectivity index (χ3v) is 5.98. The minimum atomic E-state index is -0.528. The van der Waals surface area contributed by atoms with Crippen LogP contribution in [0.5, 0.6) is 0 Å². The van der Waals surface area contributed by atoms with Crippen molar-refractivity contribution >= 4 is 11.5 Å². The van der Waals surface area contributed by atoms with Gasteiger partial charge in [-0.2, -0.15) is 0 Å². The summed E-state index contributed by atoms with van der Waals surface area (Å²) in [4.78, 5) is 14.8. The molecule has 1 atom stereocenters. The molecule has 1 aromatic carbocycles. The van der Waals surface area contributed by atoms with E-state index in [1.54, 1.807) is 6.92 Å². The summed E-state index contributed by atoms with van der Waals surface area (Å²) in [6.07, 6.45) is 10.6. The number of hydrogen-bond acceptors (Lipinski definition) is 3. The molecule has 2 fully saturated rings. The average Bonchev–Trinajstić information content (AvgIpc) is 3.33. The minimum absolute atomic E-state index is 0.0384. The predicted molar refractivity (Wildman–Crippen MR) is 94.0 cm³/mol. The number of allylic oxidation sites excluding steroid dienone is 1. The number of ketones is 1. The summed E-state index contributed by atoms with van der Waals surface area (Å²) in [6, 6.07) is 5.89. The number of carbonyl (C=O) groups is 1. The molecule has 1 aliphatic heterocycles. The number of likely N-dealkylation sites (tertiary alicyclic amines) is 1. The topological polar surface area (TPSA) is 40.5 Å². The number of piperidine rings is 1. The van der Waals surface area contributed by atoms with Gasteiger partial charge in [-0.05, 0) is 55.2 Å². The average molecular weight is 321 g/mol. The highest BCUT2D eigenvalue weighted by molar-refractivity contribution is 6.10. The lowest BCUT2D eigenvalue weighted by Crippen LogP contribution is -2.36. The molecular weight excluding hydrogens is 298 g/mol. The maximum Gasteiger partial charge on any atom is 0.177 e. The molecule has 3 aliphatic rings. The zero-order chi connectivity index (χ0) is 16.9. The van der Waals surface area contributed by atoms with E-state index in [1.165, 1.54) is 25.7 Å². The Morgan fingerprint density at radius 1 is 1.25 bits per heavy atom. The zero-order valence-electron chi connectivity index (χ0n) is 14.1. The lowest BCUT2D eigenvalue weighted by Gasteiger charge is -2.38. The van der Waals surface area contributed by atoms with E-state index in [4.69, 9.17) is 6.42 Å². The van der Waals surface area contributed by atoms with E-state index < -0.39 is 6.10 Å². The number of carbonyl (C=O) groups excluding carboxylic acids is 1. The Bertz CT molecular complexity index is 768. The quantitative estimate of drug-likeness (QED) is 0.851. The molecule has 1 heterocycles. The van der Waals surface area contributed by atoms with Gasteiger partial charge in [0.15, 0.2) is 5.78 Å². The van der Waals surface area contributed by atoms with Gasteiger partial charge in [0.2, 0.25) is 0 Å². The number of fused-ring (bicyclic) bond motifs is 1. The highest BCUT2D eigenvalue weighted by Crippen LogP contribution is 2.54. The first kappa shape index (κ1) is 15.5. The Kier molecular flexibility index (Phi) is 3.54. The van der Waals surface area contributed by atoms with E-state index in [0.717, 1.165) is 35.5 Å². The summed E-state index contributed by atoms with van der Waals surface area (Å²) in [5.41, 5.74) is 4.93. The third-order valence-electron chi connectivity index (χ3n) is 5.98. The smallest absolute Gasteiger partial charge is 0.177 e. The first-order valence-corrected chi connectivity index (χ1v) is 8.83. The Hall–Kier alpha value is -2.05. The van der Waals surface area contributed by atoms with Crippen LogP contribution in [0.4, 0.5) is 0 Å². The maximum absolute atomic E-state index is 12.5. The van der Waals surface area contributed by atoms with Gasteiger partial charge < -0.3 is 10.0 Å². The van der Waals surface area contributed by atoms with Crippen molar-refractivity contribution in [2.75, 3.05) is 13.1 Å². The van der Waals surface area contributed by atoms with E-state index in [0.29, 0.717) is 17.4 Å². The summed E-state index contributed by atoms with van der Waals surface area (Å²) in [7, 11) is 0. The molecule has 4 rings (SSSR count). The fraction of sp³-hybridized carbons (Fsp3) is 0.476. The Balaban J connectivity index is 1.78. The predicted octanol–water partition coefficient (Wildman–Crippen LogP) is 3.09. The van der Waals surface area contributed by atoms with Crippen LogP contribution in [0, 0.1) is 17.8 Å². The van der Waals surface area contributed by atoms with Gasteiger partial charge in [-0.3, -0.25) is 4.79 Å². The van der Waals surface area contributed by atoms with Gasteiger partial charge in [0, 0.05) is 25.1 Å². The van der Waals surface area contributed by atoms with Crippen molar-refractivity contribution in [2.45, 2.75) is 45.1 Å². The van der Waals surface area contributed by atoms with E-state index >= 15 is 0 Å². The number of Topliss-reactive ketones (excluding diaryl/α,β-unsaturated/α-hetero) is 1. The molecule has 24 heavy (non-hydrogen) atoms. The second-order valence-electron chi connectivity index (χ2n) is 7.55. The molecule has 1 N–H and O–H groups in total. The lowest BCUT2D eigenvalue weighted by molar-refractivity contribution is -0.114. The van der Waals surface area contributed by atoms with E-state index in [2.05, 4.69) is 10.8 Å². The van der Waals surface area contributed by atoms with Crippen LogP contribution in [0.25, 0.3) is 5.70 Å². The van der Waals surface area contributed by atoms with E-state index in [-0.39, 0.29) is 5.78 Å². The monoisotopic (exact) mass is 321 g/mol. The Morgan fingerprint density at radius 2 is 1.96 bits per heavy atom. The maximum atomic E-state index is 12.5. The molecular formula is C21H23NO2. The molecule has 0 bridgehead atoms. The van der Waals surface area contributed by atoms with Gasteiger partial charge in [-0.25, -0.2) is 0 Å². The normalized spacial score (nSPS) is 23.0. The molecule has 2 aliphatic carbocycles. The van der Waals surface area contributed by atoms with Gasteiger partial charge in [0.1, 0.15) is 0 Å². The second-order valence-corrected chi connectivity index (χ2v) is 7.55. The van der Waals surface area contributed by atoms with Crippen LogP contribution in [-0.4, -0.2) is 28.9 Å². The summed E-state index contributed by atoms with van der Waals surface area (Å²) in [5, 5.41) is 9.94. The van der Waals surface area contributed by atoms with Gasteiger partial charge in [-0.15, -0.1) is 6.42 Å². The van der Waals surface area contributed by atoms with Crippen LogP contribution in [0.15, 0.2) is 23.8 Å². The van der Waals surface area contributed by atoms with Crippen LogP contribution in [0.2, 0.25) is 0 Å². The number of terminal acetylenes is 1. The number of aliphatic hydroxyl groups excluding tert-OH is 1. The molecule has 3 heteroatoms. The molecule has 1 saturated heterocycles. The van der Waals surface area contributed by atoms with Crippen LogP contribution < -0.4 is 0 Å². The first-order valence-electron chi connectivity index (χ1n) is 8.83. The van der Waals surface area contributed by atoms with Gasteiger partial charge in [0.05, 0.1) is 17.4 Å². The number of hydrogen-bond donors (Lipinski definition) is 1. The molecule has 1 saturated carbocycles. The summed E-state index contributed by atoms with van der Waals surface area (Å²) >= 11 is 0. The summed E-state index contributed by atoms with van der Waals surface area (Å²) in [5.74, 6) is 2.69. The van der Waals surface area contributed by atoms with E-state index in [9.17, 15) is 9.90 Å². The van der Waals surface area contributed by atoms with Crippen LogP contribution >= 0.6 is 0 Å². The summed E-state index contributed by atoms with van der Waals surface area (Å²) < 4.78 is 0. The first-order chi connectivity index (χ1) is 11.5. The minimum Gasteiger partial charge on any atom is -0.389 e. The Morgan fingerprint density at radius 3 is 2.54 bits per heavy atom. The van der Waals surface area contributed by atoms with Crippen molar-refractivity contribution in [3.63, 3.8) is 0 Å².